The van der Waals surface area contributed by atoms with Gasteiger partial charge in [-0.15, -0.1) is 0 Å². The van der Waals surface area contributed by atoms with Gasteiger partial charge in [-0.1, -0.05) is 126 Å². The highest BCUT2D eigenvalue weighted by atomic mass is 15.1. The molecule has 0 heterocycles. The lowest BCUT2D eigenvalue weighted by molar-refractivity contribution is 0.595. The van der Waals surface area contributed by atoms with Crippen molar-refractivity contribution >= 4 is 66.4 Å². The second-order valence-electron chi connectivity index (χ2n) is 15.5. The highest BCUT2D eigenvalue weighted by molar-refractivity contribution is 6.30. The normalized spacial score (nSPS) is 12.2. The van der Waals surface area contributed by atoms with Crippen LogP contribution in [0.4, 0.5) is 34.1 Å². The first-order valence-corrected chi connectivity index (χ1v) is 17.7. The van der Waals surface area contributed by atoms with E-state index in [0.29, 0.717) is 0 Å². The molecule has 0 atom stereocenters. The summed E-state index contributed by atoms with van der Waals surface area (Å²) >= 11 is 0. The van der Waals surface area contributed by atoms with E-state index in [2.05, 4.69) is 209 Å². The van der Waals surface area contributed by atoms with Crippen LogP contribution in [0, 0.1) is 0 Å². The van der Waals surface area contributed by atoms with Crippen molar-refractivity contribution in [3.8, 4) is 0 Å². The predicted octanol–water partition coefficient (Wildman–Crippen LogP) is 14.1. The van der Waals surface area contributed by atoms with Crippen LogP contribution in [0.25, 0.3) is 32.3 Å². The zero-order chi connectivity index (χ0) is 34.6. The minimum absolute atomic E-state index is 0.0862. The van der Waals surface area contributed by atoms with Crippen molar-refractivity contribution in [2.24, 2.45) is 0 Å². The summed E-state index contributed by atoms with van der Waals surface area (Å²) in [5, 5.41) is 7.83. The number of benzene rings is 8. The van der Waals surface area contributed by atoms with E-state index in [-0.39, 0.29) is 10.8 Å². The van der Waals surface area contributed by atoms with Crippen LogP contribution in [-0.2, 0) is 10.8 Å². The fourth-order valence-corrected chi connectivity index (χ4v) is 7.73. The number of nitrogens with zero attached hydrogens (tertiary/aromatic N) is 2. The maximum Gasteiger partial charge on any atom is 0.0540 e. The van der Waals surface area contributed by atoms with Crippen molar-refractivity contribution in [1.29, 1.82) is 0 Å². The molecule has 8 rings (SSSR count). The molecule has 0 spiro atoms. The molecule has 0 fully saturated rings. The van der Waals surface area contributed by atoms with E-state index >= 15 is 0 Å². The Balaban J connectivity index is 1.56. The third kappa shape index (κ3) is 5.36. The third-order valence-corrected chi connectivity index (χ3v) is 10.0. The van der Waals surface area contributed by atoms with Crippen molar-refractivity contribution in [2.75, 3.05) is 9.80 Å². The number of rotatable bonds is 6. The van der Waals surface area contributed by atoms with E-state index in [1.807, 2.05) is 0 Å². The molecule has 2 heteroatoms. The van der Waals surface area contributed by atoms with Crippen LogP contribution in [0.3, 0.4) is 0 Å². The highest BCUT2D eigenvalue weighted by Crippen LogP contribution is 2.51. The Labute approximate surface area is 296 Å². The van der Waals surface area contributed by atoms with E-state index in [1.54, 1.807) is 0 Å². The minimum atomic E-state index is -0.0862. The summed E-state index contributed by atoms with van der Waals surface area (Å²) < 4.78 is 0. The molecule has 0 aromatic heterocycles. The molecule has 0 saturated carbocycles. The number of anilines is 6. The first kappa shape index (κ1) is 31.7. The standard InChI is InChI=1S/C48H44N2/c1-47(2,3)41-31-39-43(49(33-19-11-7-12-20-33)34-21-13-8-14-22-34)30-28-38-42(48(4,5)6)32-40-44(29-27-37(41)45(40)46(38)39)50(35-23-15-9-16-24-35)36-25-17-10-18-26-36/h7-32H,1-6H3. The lowest BCUT2D eigenvalue weighted by atomic mass is 9.76. The fourth-order valence-electron chi connectivity index (χ4n) is 7.73. The SMILES string of the molecule is CC(C)(C)c1cc2c(N(c3ccccc3)c3ccccc3)ccc3c(C(C)(C)C)cc4c(N(c5ccccc5)c5ccccc5)ccc1c4c23. The third-order valence-electron chi connectivity index (χ3n) is 10.0. The summed E-state index contributed by atoms with van der Waals surface area (Å²) in [6.07, 6.45) is 0. The maximum absolute atomic E-state index is 2.50. The molecule has 0 amide bonds. The van der Waals surface area contributed by atoms with Gasteiger partial charge in [0.2, 0.25) is 0 Å². The second-order valence-corrected chi connectivity index (χ2v) is 15.5. The second kappa shape index (κ2) is 12.1. The van der Waals surface area contributed by atoms with Crippen LogP contribution < -0.4 is 9.80 Å². The van der Waals surface area contributed by atoms with E-state index in [1.165, 1.54) is 54.8 Å². The Morgan fingerprint density at radius 2 is 0.600 bits per heavy atom. The highest BCUT2D eigenvalue weighted by Gasteiger charge is 2.29. The van der Waals surface area contributed by atoms with Crippen molar-refractivity contribution in [1.82, 2.24) is 0 Å². The first-order valence-electron chi connectivity index (χ1n) is 17.7. The predicted molar refractivity (Wildman–Crippen MR) is 217 cm³/mol. The van der Waals surface area contributed by atoms with Gasteiger partial charge in [-0.25, -0.2) is 0 Å². The molecular formula is C48H44N2. The van der Waals surface area contributed by atoms with Crippen molar-refractivity contribution in [3.05, 3.63) is 169 Å². The molecule has 0 N–H and O–H groups in total. The summed E-state index contributed by atoms with van der Waals surface area (Å²) in [6, 6.07) is 57.6. The van der Waals surface area contributed by atoms with Gasteiger partial charge in [0, 0.05) is 33.5 Å². The van der Waals surface area contributed by atoms with Gasteiger partial charge in [0.15, 0.2) is 0 Å². The Hall–Kier alpha value is -5.60. The molecule has 0 aliphatic heterocycles. The Kier molecular flexibility index (Phi) is 7.64. The molecule has 0 aliphatic rings. The number of para-hydroxylation sites is 4. The van der Waals surface area contributed by atoms with Crippen LogP contribution >= 0.6 is 0 Å². The molecule has 2 nitrogen and oxygen atoms in total. The fraction of sp³-hybridized carbons (Fsp3) is 0.167. The van der Waals surface area contributed by atoms with Crippen LogP contribution in [0.5, 0.6) is 0 Å². The van der Waals surface area contributed by atoms with Crippen molar-refractivity contribution < 1.29 is 0 Å². The minimum Gasteiger partial charge on any atom is -0.310 e. The zero-order valence-corrected chi connectivity index (χ0v) is 29.9. The monoisotopic (exact) mass is 648 g/mol. The van der Waals surface area contributed by atoms with Crippen molar-refractivity contribution in [2.45, 2.75) is 52.4 Å². The van der Waals surface area contributed by atoms with Gasteiger partial charge in [-0.2, -0.15) is 0 Å². The van der Waals surface area contributed by atoms with E-state index < -0.39 is 0 Å². The van der Waals surface area contributed by atoms with Gasteiger partial charge in [0.25, 0.3) is 0 Å². The summed E-state index contributed by atoms with van der Waals surface area (Å²) in [6.45, 7) is 14.1. The molecule has 8 aromatic carbocycles. The Bertz CT molecular complexity index is 2160. The van der Waals surface area contributed by atoms with Gasteiger partial charge in [-0.05, 0) is 116 Å². The van der Waals surface area contributed by atoms with Crippen LogP contribution in [-0.4, -0.2) is 0 Å². The molecule has 0 radical (unpaired) electrons. The van der Waals surface area contributed by atoms with E-state index in [9.17, 15) is 0 Å². The molecular weight excluding hydrogens is 605 g/mol. The zero-order valence-electron chi connectivity index (χ0n) is 29.9. The molecule has 0 saturated heterocycles. The van der Waals surface area contributed by atoms with Crippen LogP contribution in [0.15, 0.2) is 158 Å². The molecule has 50 heavy (non-hydrogen) atoms. The quantitative estimate of drug-likeness (QED) is 0.166. The summed E-state index contributed by atoms with van der Waals surface area (Å²) in [7, 11) is 0. The largest absolute Gasteiger partial charge is 0.310 e. The molecule has 0 bridgehead atoms. The average molecular weight is 649 g/mol. The smallest absolute Gasteiger partial charge is 0.0540 e. The Morgan fingerprint density at radius 1 is 0.320 bits per heavy atom. The van der Waals surface area contributed by atoms with Crippen molar-refractivity contribution in [3.63, 3.8) is 0 Å². The maximum atomic E-state index is 2.50. The van der Waals surface area contributed by atoms with Gasteiger partial charge in [0.05, 0.1) is 11.4 Å². The lowest BCUT2D eigenvalue weighted by Gasteiger charge is -2.33. The summed E-state index contributed by atoms with van der Waals surface area (Å²) in [5.41, 5.74) is 9.46. The lowest BCUT2D eigenvalue weighted by Crippen LogP contribution is -2.17. The van der Waals surface area contributed by atoms with E-state index in [4.69, 9.17) is 0 Å². The molecule has 8 aromatic rings. The first-order chi connectivity index (χ1) is 24.1. The van der Waals surface area contributed by atoms with Gasteiger partial charge < -0.3 is 9.80 Å². The van der Waals surface area contributed by atoms with Crippen LogP contribution in [0.1, 0.15) is 52.7 Å². The number of hydrogen-bond donors (Lipinski definition) is 0. The average Bonchev–Trinajstić information content (AvgIpc) is 3.12. The van der Waals surface area contributed by atoms with E-state index in [0.717, 1.165) is 22.7 Å². The summed E-state index contributed by atoms with van der Waals surface area (Å²) in [5.74, 6) is 0. The topological polar surface area (TPSA) is 6.48 Å². The molecule has 0 unspecified atom stereocenters. The van der Waals surface area contributed by atoms with Crippen LogP contribution in [0.2, 0.25) is 0 Å². The molecule has 246 valence electrons. The van der Waals surface area contributed by atoms with Gasteiger partial charge in [0.1, 0.15) is 0 Å². The number of hydrogen-bond acceptors (Lipinski definition) is 2. The van der Waals surface area contributed by atoms with Gasteiger partial charge >= 0.3 is 0 Å². The molecule has 0 aliphatic carbocycles. The Morgan fingerprint density at radius 3 is 0.860 bits per heavy atom. The summed E-state index contributed by atoms with van der Waals surface area (Å²) in [4.78, 5) is 4.85. The van der Waals surface area contributed by atoms with Gasteiger partial charge in [-0.3, -0.25) is 0 Å².